The molecule has 0 aromatic heterocycles. The molecule has 1 aliphatic rings. The summed E-state index contributed by atoms with van der Waals surface area (Å²) >= 11 is 7.42. The molecule has 3 nitrogen and oxygen atoms in total. The second-order valence-corrected chi connectivity index (χ2v) is 5.50. The van der Waals surface area contributed by atoms with Crippen molar-refractivity contribution in [3.8, 4) is 0 Å². The highest BCUT2D eigenvalue weighted by molar-refractivity contribution is 8.18. The summed E-state index contributed by atoms with van der Waals surface area (Å²) in [5.41, 5.74) is 1.95. The third kappa shape index (κ3) is 2.94. The Labute approximate surface area is 115 Å². The van der Waals surface area contributed by atoms with E-state index in [-0.39, 0.29) is 5.91 Å². The number of carbonyl (C=O) groups is 1. The Hall–Kier alpha value is -1.26. The summed E-state index contributed by atoms with van der Waals surface area (Å²) in [5.74, 6) is -0.0714. The van der Waals surface area contributed by atoms with E-state index < -0.39 is 0 Å². The highest BCUT2D eigenvalue weighted by Gasteiger charge is 2.24. The van der Waals surface area contributed by atoms with Crippen LogP contribution in [0.15, 0.2) is 39.7 Å². The molecule has 1 aliphatic heterocycles. The van der Waals surface area contributed by atoms with Crippen LogP contribution in [0.5, 0.6) is 0 Å². The number of rotatable bonds is 2. The van der Waals surface area contributed by atoms with E-state index in [1.54, 1.807) is 0 Å². The number of amidine groups is 1. The molecule has 0 aliphatic carbocycles. The number of benzene rings is 1. The maximum absolute atomic E-state index is 11.6. The third-order valence-electron chi connectivity index (χ3n) is 2.43. The molecule has 0 saturated carbocycles. The lowest BCUT2D eigenvalue weighted by atomic mass is 10.2. The van der Waals surface area contributed by atoms with Crippen molar-refractivity contribution in [1.82, 2.24) is 5.32 Å². The number of nitrogens with zero attached hydrogens (tertiary/aromatic N) is 1. The molecule has 18 heavy (non-hydrogen) atoms. The van der Waals surface area contributed by atoms with Gasteiger partial charge in [0.15, 0.2) is 5.17 Å². The first-order valence-corrected chi connectivity index (χ1v) is 6.72. The largest absolute Gasteiger partial charge is 0.301 e. The number of aliphatic imine (C=N–C) groups is 1. The van der Waals surface area contributed by atoms with Gasteiger partial charge in [-0.3, -0.25) is 9.79 Å². The predicted molar refractivity (Wildman–Crippen MR) is 76.7 cm³/mol. The van der Waals surface area contributed by atoms with Gasteiger partial charge in [0.05, 0.1) is 11.4 Å². The SMILES string of the molecule is CC(C)=C1SC(=NCc2ccccc2Cl)NC1=O. The van der Waals surface area contributed by atoms with Gasteiger partial charge in [-0.1, -0.05) is 35.4 Å². The van der Waals surface area contributed by atoms with E-state index in [9.17, 15) is 4.79 Å². The van der Waals surface area contributed by atoms with Crippen LogP contribution in [-0.2, 0) is 11.3 Å². The van der Waals surface area contributed by atoms with Crippen LogP contribution in [0.4, 0.5) is 0 Å². The minimum absolute atomic E-state index is 0.0714. The molecule has 1 saturated heterocycles. The van der Waals surface area contributed by atoms with Gasteiger partial charge in [-0.25, -0.2) is 0 Å². The minimum atomic E-state index is -0.0714. The van der Waals surface area contributed by atoms with Crippen LogP contribution in [-0.4, -0.2) is 11.1 Å². The zero-order valence-corrected chi connectivity index (χ0v) is 11.7. The van der Waals surface area contributed by atoms with E-state index in [4.69, 9.17) is 11.6 Å². The number of halogens is 1. The monoisotopic (exact) mass is 280 g/mol. The molecule has 0 spiro atoms. The number of hydrogen-bond donors (Lipinski definition) is 1. The van der Waals surface area contributed by atoms with Crippen molar-refractivity contribution in [2.24, 2.45) is 4.99 Å². The molecule has 1 amide bonds. The molecule has 94 valence electrons. The second-order valence-electron chi connectivity index (χ2n) is 4.10. The lowest BCUT2D eigenvalue weighted by molar-refractivity contribution is -0.115. The summed E-state index contributed by atoms with van der Waals surface area (Å²) in [4.78, 5) is 16.7. The summed E-state index contributed by atoms with van der Waals surface area (Å²) in [6.07, 6.45) is 0. The first-order chi connectivity index (χ1) is 8.58. The molecule has 1 aromatic rings. The Bertz CT molecular complexity index is 548. The van der Waals surface area contributed by atoms with Gasteiger partial charge in [0.2, 0.25) is 0 Å². The smallest absolute Gasteiger partial charge is 0.264 e. The molecule has 0 bridgehead atoms. The number of hydrogen-bond acceptors (Lipinski definition) is 3. The van der Waals surface area contributed by atoms with Crippen molar-refractivity contribution in [3.63, 3.8) is 0 Å². The number of thioether (sulfide) groups is 1. The van der Waals surface area contributed by atoms with E-state index in [1.807, 2.05) is 38.1 Å². The van der Waals surface area contributed by atoms with Crippen molar-refractivity contribution in [1.29, 1.82) is 0 Å². The molecule has 1 heterocycles. The van der Waals surface area contributed by atoms with Gasteiger partial charge in [0.1, 0.15) is 0 Å². The molecule has 1 N–H and O–H groups in total. The fourth-order valence-corrected chi connectivity index (χ4v) is 2.52. The standard InChI is InChI=1S/C13H13ClN2OS/c1-8(2)11-12(17)16-13(18-11)15-7-9-5-3-4-6-10(9)14/h3-6H,7H2,1-2H3,(H,15,16,17). The Kier molecular flexibility index (Phi) is 4.09. The predicted octanol–water partition coefficient (Wildman–Crippen LogP) is 3.35. The fraction of sp³-hybridized carbons (Fsp3) is 0.231. The Morgan fingerprint density at radius 2 is 2.11 bits per heavy atom. The third-order valence-corrected chi connectivity index (χ3v) is 4.02. The zero-order valence-electron chi connectivity index (χ0n) is 10.2. The van der Waals surface area contributed by atoms with Crippen LogP contribution in [0.1, 0.15) is 19.4 Å². The van der Waals surface area contributed by atoms with E-state index >= 15 is 0 Å². The van der Waals surface area contributed by atoms with E-state index in [0.29, 0.717) is 16.7 Å². The van der Waals surface area contributed by atoms with Crippen LogP contribution in [0.2, 0.25) is 5.02 Å². The summed E-state index contributed by atoms with van der Waals surface area (Å²) < 4.78 is 0. The summed E-state index contributed by atoms with van der Waals surface area (Å²) in [5, 5.41) is 4.08. The topological polar surface area (TPSA) is 41.5 Å². The van der Waals surface area contributed by atoms with Gasteiger partial charge >= 0.3 is 0 Å². The number of amides is 1. The van der Waals surface area contributed by atoms with E-state index in [0.717, 1.165) is 16.0 Å². The molecule has 2 rings (SSSR count). The zero-order chi connectivity index (χ0) is 13.1. The minimum Gasteiger partial charge on any atom is -0.301 e. The molecule has 0 unspecified atom stereocenters. The van der Waals surface area contributed by atoms with E-state index in [2.05, 4.69) is 10.3 Å². The number of carbonyl (C=O) groups excluding carboxylic acids is 1. The van der Waals surface area contributed by atoms with Gasteiger partial charge in [0, 0.05) is 5.02 Å². The summed E-state index contributed by atoms with van der Waals surface area (Å²) in [6, 6.07) is 7.56. The lowest BCUT2D eigenvalue weighted by Gasteiger charge is -2.00. The van der Waals surface area contributed by atoms with Crippen molar-refractivity contribution in [2.75, 3.05) is 0 Å². The normalized spacial score (nSPS) is 17.2. The first-order valence-electron chi connectivity index (χ1n) is 5.52. The number of nitrogens with one attached hydrogen (secondary N) is 1. The van der Waals surface area contributed by atoms with Gasteiger partial charge < -0.3 is 5.32 Å². The molecular weight excluding hydrogens is 268 g/mol. The van der Waals surface area contributed by atoms with Crippen molar-refractivity contribution in [2.45, 2.75) is 20.4 Å². The molecule has 1 aromatic carbocycles. The van der Waals surface area contributed by atoms with Gasteiger partial charge in [-0.15, -0.1) is 0 Å². The quantitative estimate of drug-likeness (QED) is 0.844. The first kappa shape index (κ1) is 13.2. The van der Waals surface area contributed by atoms with Gasteiger partial charge in [0.25, 0.3) is 5.91 Å². The van der Waals surface area contributed by atoms with Crippen molar-refractivity contribution < 1.29 is 4.79 Å². The second kappa shape index (κ2) is 5.59. The highest BCUT2D eigenvalue weighted by atomic mass is 35.5. The molecule has 5 heteroatoms. The average Bonchev–Trinajstić information content (AvgIpc) is 2.70. The molecule has 0 radical (unpaired) electrons. The van der Waals surface area contributed by atoms with E-state index in [1.165, 1.54) is 11.8 Å². The van der Waals surface area contributed by atoms with Crippen LogP contribution in [0.25, 0.3) is 0 Å². The van der Waals surface area contributed by atoms with Gasteiger partial charge in [-0.05, 0) is 37.2 Å². The lowest BCUT2D eigenvalue weighted by Crippen LogP contribution is -2.20. The molecular formula is C13H13ClN2OS. The van der Waals surface area contributed by atoms with Crippen LogP contribution in [0, 0.1) is 0 Å². The van der Waals surface area contributed by atoms with Gasteiger partial charge in [-0.2, -0.15) is 0 Å². The number of allylic oxidation sites excluding steroid dienone is 1. The highest BCUT2D eigenvalue weighted by Crippen LogP contribution is 2.27. The Morgan fingerprint density at radius 1 is 1.39 bits per heavy atom. The Morgan fingerprint density at radius 3 is 2.72 bits per heavy atom. The molecule has 1 fully saturated rings. The maximum atomic E-state index is 11.6. The van der Waals surface area contributed by atoms with Crippen LogP contribution < -0.4 is 5.32 Å². The fourth-order valence-electron chi connectivity index (χ4n) is 1.51. The maximum Gasteiger partial charge on any atom is 0.264 e. The molecule has 0 atom stereocenters. The Balaban J connectivity index is 2.11. The summed E-state index contributed by atoms with van der Waals surface area (Å²) in [7, 11) is 0. The van der Waals surface area contributed by atoms with Crippen LogP contribution >= 0.6 is 23.4 Å². The van der Waals surface area contributed by atoms with Crippen molar-refractivity contribution in [3.05, 3.63) is 45.3 Å². The average molecular weight is 281 g/mol. The van der Waals surface area contributed by atoms with Crippen molar-refractivity contribution >= 4 is 34.4 Å². The summed E-state index contributed by atoms with van der Waals surface area (Å²) in [6.45, 7) is 4.30. The van der Waals surface area contributed by atoms with Crippen LogP contribution in [0.3, 0.4) is 0 Å².